The second-order valence-electron chi connectivity index (χ2n) is 12.2. The molecule has 0 amide bonds. The summed E-state index contributed by atoms with van der Waals surface area (Å²) in [5.74, 6) is 0. The lowest BCUT2D eigenvalue weighted by Crippen LogP contribution is -2.00. The Morgan fingerprint density at radius 1 is 0.440 bits per heavy atom. The molecule has 2 heterocycles. The van der Waals surface area contributed by atoms with Gasteiger partial charge in [0.2, 0.25) is 0 Å². The fourth-order valence-corrected chi connectivity index (χ4v) is 7.49. The number of hydrogen-bond donors (Lipinski definition) is 0. The van der Waals surface area contributed by atoms with Crippen LogP contribution in [-0.4, -0.2) is 9.13 Å². The molecule has 0 fully saturated rings. The minimum Gasteiger partial charge on any atom is -0.309 e. The highest BCUT2D eigenvalue weighted by atomic mass is 15.0. The molecule has 2 aromatic heterocycles. The van der Waals surface area contributed by atoms with Gasteiger partial charge in [0.15, 0.2) is 5.69 Å². The molecule has 0 atom stereocenters. The summed E-state index contributed by atoms with van der Waals surface area (Å²) in [5.41, 5.74) is 10.8. The van der Waals surface area contributed by atoms with Crippen molar-refractivity contribution in [1.82, 2.24) is 9.13 Å². The third kappa shape index (κ3) is 4.24. The highest BCUT2D eigenvalue weighted by Gasteiger charge is 2.22. The number of aromatic nitrogens is 2. The Bertz CT molecular complexity index is 2920. The predicted molar refractivity (Wildman–Crippen MR) is 202 cm³/mol. The number of para-hydroxylation sites is 4. The smallest absolute Gasteiger partial charge is 0.196 e. The van der Waals surface area contributed by atoms with Gasteiger partial charge in [-0.15, -0.1) is 0 Å². The lowest BCUT2D eigenvalue weighted by molar-refractivity contribution is 1.17. The molecule has 5 nitrogen and oxygen atoms in total. The van der Waals surface area contributed by atoms with Gasteiger partial charge in [0, 0.05) is 27.1 Å². The largest absolute Gasteiger partial charge is 0.309 e. The molecule has 0 saturated heterocycles. The van der Waals surface area contributed by atoms with Crippen molar-refractivity contribution in [2.45, 2.75) is 0 Å². The lowest BCUT2D eigenvalue weighted by Gasteiger charge is -2.19. The quantitative estimate of drug-likeness (QED) is 0.181. The van der Waals surface area contributed by atoms with Crippen LogP contribution in [0, 0.1) is 29.2 Å². The fraction of sp³-hybridized carbons (Fsp3) is 0. The molecule has 7 aromatic carbocycles. The van der Waals surface area contributed by atoms with Crippen molar-refractivity contribution >= 4 is 49.3 Å². The van der Waals surface area contributed by atoms with Gasteiger partial charge in [-0.05, 0) is 71.3 Å². The minimum absolute atomic E-state index is 0.398. The number of nitriles is 2. The van der Waals surface area contributed by atoms with Crippen molar-refractivity contribution in [3.05, 3.63) is 174 Å². The first-order valence-electron chi connectivity index (χ1n) is 16.3. The highest BCUT2D eigenvalue weighted by Crippen LogP contribution is 2.44. The molecular weight excluding hydrogens is 611 g/mol. The topological polar surface area (TPSA) is 61.8 Å². The van der Waals surface area contributed by atoms with Gasteiger partial charge < -0.3 is 9.13 Å². The Labute approximate surface area is 288 Å². The molecule has 0 spiro atoms. The first kappa shape index (κ1) is 28.8. The molecule has 0 aliphatic carbocycles. The lowest BCUT2D eigenvalue weighted by atomic mass is 9.91. The van der Waals surface area contributed by atoms with Gasteiger partial charge in [-0.1, -0.05) is 97.1 Å². The number of hydrogen-bond acceptors (Lipinski definition) is 2. The third-order valence-electron chi connectivity index (χ3n) is 9.63. The maximum atomic E-state index is 10.5. The number of rotatable bonds is 4. The molecule has 5 heteroatoms. The molecule has 0 saturated carbocycles. The van der Waals surface area contributed by atoms with Crippen LogP contribution in [0.15, 0.2) is 152 Å². The standard InChI is InChI=1S/C45H25N5/c1-48-39-25-30(28-47)45(50-43-21-11-7-17-36(43)38-24-29(27-46)22-23-44(38)50)26-37(39)32-13-3-2-12-31(32)33-14-4-8-18-40(33)49-41-19-9-5-15-34(41)35-16-6-10-20-42(35)49/h2-26H. The zero-order valence-electron chi connectivity index (χ0n) is 26.7. The van der Waals surface area contributed by atoms with E-state index in [2.05, 4.69) is 111 Å². The normalized spacial score (nSPS) is 11.1. The fourth-order valence-electron chi connectivity index (χ4n) is 7.49. The van der Waals surface area contributed by atoms with E-state index in [1.165, 1.54) is 10.8 Å². The molecule has 0 radical (unpaired) electrons. The minimum atomic E-state index is 0.398. The third-order valence-corrected chi connectivity index (χ3v) is 9.63. The van der Waals surface area contributed by atoms with Gasteiger partial charge >= 0.3 is 0 Å². The van der Waals surface area contributed by atoms with Crippen molar-refractivity contribution in [2.24, 2.45) is 0 Å². The van der Waals surface area contributed by atoms with E-state index >= 15 is 0 Å². The van der Waals surface area contributed by atoms with Crippen LogP contribution in [0.25, 0.3) is 82.1 Å². The van der Waals surface area contributed by atoms with Crippen LogP contribution in [0.3, 0.4) is 0 Å². The summed E-state index contributed by atoms with van der Waals surface area (Å²) in [5, 5.41) is 24.4. The van der Waals surface area contributed by atoms with E-state index < -0.39 is 0 Å². The van der Waals surface area contributed by atoms with Gasteiger partial charge in [0.25, 0.3) is 0 Å². The summed E-state index contributed by atoms with van der Waals surface area (Å²) in [6.45, 7) is 8.24. The van der Waals surface area contributed by atoms with E-state index in [0.717, 1.165) is 60.8 Å². The average molecular weight is 636 g/mol. The van der Waals surface area contributed by atoms with Crippen LogP contribution < -0.4 is 0 Å². The van der Waals surface area contributed by atoms with Crippen molar-refractivity contribution in [2.75, 3.05) is 0 Å². The van der Waals surface area contributed by atoms with Crippen molar-refractivity contribution in [3.8, 4) is 45.8 Å². The first-order valence-corrected chi connectivity index (χ1v) is 16.3. The SMILES string of the molecule is [C-]#[N+]c1cc(C#N)c(-n2c3ccccc3c3cc(C#N)ccc32)cc1-c1ccccc1-c1ccccc1-n1c2ccccc2c2ccccc21. The molecular formula is C45H25N5. The second kappa shape index (κ2) is 11.4. The van der Waals surface area contributed by atoms with Gasteiger partial charge in [0.05, 0.1) is 63.3 Å². The average Bonchev–Trinajstić information content (AvgIpc) is 3.70. The van der Waals surface area contributed by atoms with Crippen LogP contribution in [0.2, 0.25) is 0 Å². The monoisotopic (exact) mass is 635 g/mol. The Morgan fingerprint density at radius 2 is 0.940 bits per heavy atom. The zero-order chi connectivity index (χ0) is 33.8. The van der Waals surface area contributed by atoms with Gasteiger partial charge in [-0.25, -0.2) is 4.85 Å². The number of nitrogens with zero attached hydrogens (tertiary/aromatic N) is 5. The summed E-state index contributed by atoms with van der Waals surface area (Å²) in [7, 11) is 0. The van der Waals surface area contributed by atoms with Crippen LogP contribution in [-0.2, 0) is 0 Å². The maximum absolute atomic E-state index is 10.5. The summed E-state index contributed by atoms with van der Waals surface area (Å²) >= 11 is 0. The molecule has 0 N–H and O–H groups in total. The predicted octanol–water partition coefficient (Wildman–Crippen LogP) is 11.5. The molecule has 0 aliphatic heterocycles. The maximum Gasteiger partial charge on any atom is 0.196 e. The van der Waals surface area contributed by atoms with Gasteiger partial charge in [0.1, 0.15) is 0 Å². The van der Waals surface area contributed by atoms with Gasteiger partial charge in [-0.3, -0.25) is 0 Å². The first-order chi connectivity index (χ1) is 24.7. The van der Waals surface area contributed by atoms with Crippen molar-refractivity contribution < 1.29 is 0 Å². The Morgan fingerprint density at radius 3 is 1.54 bits per heavy atom. The molecule has 0 bridgehead atoms. The Hall–Kier alpha value is -7.39. The summed E-state index contributed by atoms with van der Waals surface area (Å²) in [6, 6.07) is 55.6. The Kier molecular flexibility index (Phi) is 6.56. The second-order valence-corrected chi connectivity index (χ2v) is 12.2. The molecule has 9 aromatic rings. The summed E-state index contributed by atoms with van der Waals surface area (Å²) < 4.78 is 4.40. The van der Waals surface area contributed by atoms with Gasteiger partial charge in [-0.2, -0.15) is 10.5 Å². The number of benzene rings is 7. The Balaban J connectivity index is 1.33. The summed E-state index contributed by atoms with van der Waals surface area (Å²) in [4.78, 5) is 3.96. The summed E-state index contributed by atoms with van der Waals surface area (Å²) in [6.07, 6.45) is 0. The van der Waals surface area contributed by atoms with E-state index in [1.54, 1.807) is 12.1 Å². The van der Waals surface area contributed by atoms with E-state index in [0.29, 0.717) is 22.5 Å². The van der Waals surface area contributed by atoms with Crippen LogP contribution in [0.4, 0.5) is 5.69 Å². The number of fused-ring (bicyclic) bond motifs is 6. The zero-order valence-corrected chi connectivity index (χ0v) is 26.7. The van der Waals surface area contributed by atoms with Crippen LogP contribution in [0.1, 0.15) is 11.1 Å². The van der Waals surface area contributed by atoms with E-state index in [4.69, 9.17) is 6.57 Å². The molecule has 0 aliphatic rings. The van der Waals surface area contributed by atoms with E-state index in [9.17, 15) is 10.5 Å². The van der Waals surface area contributed by atoms with Crippen LogP contribution in [0.5, 0.6) is 0 Å². The van der Waals surface area contributed by atoms with Crippen molar-refractivity contribution in [1.29, 1.82) is 10.5 Å². The molecule has 50 heavy (non-hydrogen) atoms. The van der Waals surface area contributed by atoms with E-state index in [1.807, 2.05) is 54.6 Å². The molecule has 9 rings (SSSR count). The highest BCUT2D eigenvalue weighted by molar-refractivity contribution is 6.11. The molecule has 230 valence electrons. The molecule has 0 unspecified atom stereocenters. The van der Waals surface area contributed by atoms with Crippen molar-refractivity contribution in [3.63, 3.8) is 0 Å². The van der Waals surface area contributed by atoms with Crippen LogP contribution >= 0.6 is 0 Å². The van der Waals surface area contributed by atoms with E-state index in [-0.39, 0.29) is 0 Å².